The second-order valence-corrected chi connectivity index (χ2v) is 12.6. The maximum absolute atomic E-state index is 15.4. The van der Waals surface area contributed by atoms with E-state index < -0.39 is 23.4 Å². The van der Waals surface area contributed by atoms with Crippen LogP contribution in [-0.2, 0) is 17.1 Å². The molecule has 2 unspecified atom stereocenters. The Morgan fingerprint density at radius 3 is 2.31 bits per heavy atom. The van der Waals surface area contributed by atoms with Crippen LogP contribution in [0, 0.1) is 23.7 Å². The van der Waals surface area contributed by atoms with Crippen LogP contribution in [0.15, 0.2) is 30.3 Å². The molecule has 2 atom stereocenters. The van der Waals surface area contributed by atoms with Gasteiger partial charge in [-0.05, 0) is 99.1 Å². The van der Waals surface area contributed by atoms with E-state index in [4.69, 9.17) is 9.47 Å². The molecule has 1 fully saturated rings. The first kappa shape index (κ1) is 32.8. The molecule has 0 spiro atoms. The van der Waals surface area contributed by atoms with Gasteiger partial charge in [0.15, 0.2) is 0 Å². The molecule has 1 aromatic heterocycles. The monoisotopic (exact) mass is 587 g/mol. The molecule has 0 radical (unpaired) electrons. The highest BCUT2D eigenvalue weighted by Crippen LogP contribution is 2.48. The van der Waals surface area contributed by atoms with E-state index in [9.17, 15) is 0 Å². The van der Waals surface area contributed by atoms with E-state index in [1.807, 2.05) is 24.3 Å². The molecule has 1 aromatic carbocycles. The number of fused-ring (bicyclic) bond motifs is 1. The zero-order valence-electron chi connectivity index (χ0n) is 26.0. The normalized spacial score (nSPS) is 18.5. The third kappa shape index (κ3) is 9.46. The molecular weight excluding hydrogens is 535 g/mol. The number of aromatic nitrogens is 1. The number of nitrogens with zero attached hydrogens (tertiary/aromatic N) is 1. The van der Waals surface area contributed by atoms with Gasteiger partial charge in [0.05, 0.1) is 17.9 Å². The van der Waals surface area contributed by atoms with Crippen molar-refractivity contribution in [3.05, 3.63) is 47.4 Å². The molecule has 42 heavy (non-hydrogen) atoms. The second kappa shape index (κ2) is 16.7. The molecule has 0 bridgehead atoms. The fourth-order valence-corrected chi connectivity index (χ4v) is 6.57. The molecule has 234 valence electrons. The summed E-state index contributed by atoms with van der Waals surface area (Å²) >= 11 is 0. The van der Waals surface area contributed by atoms with Crippen molar-refractivity contribution >= 4 is 0 Å². The summed E-state index contributed by atoms with van der Waals surface area (Å²) in [5.74, 6) is -2.42. The molecule has 1 saturated carbocycles. The first-order chi connectivity index (χ1) is 20.4. The molecule has 0 aliphatic heterocycles. The van der Waals surface area contributed by atoms with Crippen LogP contribution in [0.5, 0.6) is 5.75 Å². The Labute approximate surface area is 252 Å². The average Bonchev–Trinajstić information content (AvgIpc) is 3.82. The molecule has 1 heterocycles. The Balaban J connectivity index is 1.22. The summed E-state index contributed by atoms with van der Waals surface area (Å²) in [5, 5.41) is 0. The summed E-state index contributed by atoms with van der Waals surface area (Å²) in [6, 6.07) is 9.04. The third-order valence-corrected chi connectivity index (χ3v) is 9.35. The van der Waals surface area contributed by atoms with Gasteiger partial charge < -0.3 is 9.47 Å². The number of ether oxygens (including phenoxy) is 2. The lowest BCUT2D eigenvalue weighted by Crippen LogP contribution is -2.33. The summed E-state index contributed by atoms with van der Waals surface area (Å²) in [7, 11) is 0. The van der Waals surface area contributed by atoms with Gasteiger partial charge in [0.2, 0.25) is 5.95 Å². The van der Waals surface area contributed by atoms with Crippen molar-refractivity contribution in [2.45, 2.75) is 123 Å². The summed E-state index contributed by atoms with van der Waals surface area (Å²) in [6.07, 6.45) is 16.0. The van der Waals surface area contributed by atoms with Crippen molar-refractivity contribution in [2.75, 3.05) is 19.8 Å². The van der Waals surface area contributed by atoms with Gasteiger partial charge >= 0.3 is 0 Å². The van der Waals surface area contributed by atoms with Gasteiger partial charge in [-0.25, -0.2) is 13.8 Å². The van der Waals surface area contributed by atoms with Crippen LogP contribution in [0.25, 0.3) is 11.3 Å². The lowest BCUT2D eigenvalue weighted by atomic mass is 9.78. The number of benzene rings is 1. The SMILES string of the molecule is CCCCCOCCCCCC1CCc2cc(-c3ccc(OCCCCCC(CC)C4CC4)cc3)nc(F)c2C1(F)F. The summed E-state index contributed by atoms with van der Waals surface area (Å²) in [4.78, 5) is 4.00. The van der Waals surface area contributed by atoms with Gasteiger partial charge in [0.1, 0.15) is 5.75 Å². The third-order valence-electron chi connectivity index (χ3n) is 9.35. The van der Waals surface area contributed by atoms with Gasteiger partial charge in [-0.15, -0.1) is 0 Å². The van der Waals surface area contributed by atoms with Crippen molar-refractivity contribution in [1.82, 2.24) is 4.98 Å². The van der Waals surface area contributed by atoms with E-state index in [2.05, 4.69) is 18.8 Å². The molecule has 2 aliphatic rings. The number of aryl methyl sites for hydroxylation is 1. The molecule has 2 aliphatic carbocycles. The lowest BCUT2D eigenvalue weighted by molar-refractivity contribution is -0.0825. The van der Waals surface area contributed by atoms with Crippen LogP contribution in [-0.4, -0.2) is 24.8 Å². The zero-order chi connectivity index (χ0) is 29.8. The minimum atomic E-state index is -3.20. The first-order valence-corrected chi connectivity index (χ1v) is 16.8. The van der Waals surface area contributed by atoms with Gasteiger partial charge in [0, 0.05) is 24.7 Å². The Morgan fingerprint density at radius 2 is 1.60 bits per heavy atom. The molecule has 2 aromatic rings. The number of hydrogen-bond acceptors (Lipinski definition) is 3. The molecular formula is C36H52F3NO2. The number of rotatable bonds is 20. The van der Waals surface area contributed by atoms with Crippen LogP contribution in [0.2, 0.25) is 0 Å². The van der Waals surface area contributed by atoms with Gasteiger partial charge in [-0.1, -0.05) is 65.2 Å². The predicted octanol–water partition coefficient (Wildman–Crippen LogP) is 10.7. The quantitative estimate of drug-likeness (QED) is 0.114. The molecule has 0 amide bonds. The Kier molecular flexibility index (Phi) is 13.0. The van der Waals surface area contributed by atoms with E-state index in [1.54, 1.807) is 6.07 Å². The fraction of sp³-hybridized carbons (Fsp3) is 0.694. The van der Waals surface area contributed by atoms with Gasteiger partial charge in [0.25, 0.3) is 5.92 Å². The standard InChI is InChI=1S/C36H52F3NO2/c1-3-5-10-23-41-24-11-7-9-14-31-20-17-30-26-33(40-35(37)34(30)36(31,38)39)29-18-21-32(22-19-29)42-25-12-6-8-13-27(4-2)28-15-16-28/h18-19,21-22,26-28,31H,3-17,20,23-25H2,1-2H3. The number of unbranched alkanes of at least 4 members (excludes halogenated alkanes) is 6. The number of hydrogen-bond donors (Lipinski definition) is 0. The van der Waals surface area contributed by atoms with Gasteiger partial charge in [-0.2, -0.15) is 4.39 Å². The van der Waals surface area contributed by atoms with E-state index >= 15 is 13.2 Å². The van der Waals surface area contributed by atoms with Crippen molar-refractivity contribution < 1.29 is 22.6 Å². The first-order valence-electron chi connectivity index (χ1n) is 16.8. The van der Waals surface area contributed by atoms with Crippen LogP contribution < -0.4 is 4.74 Å². The highest BCUT2D eigenvalue weighted by atomic mass is 19.3. The van der Waals surface area contributed by atoms with Crippen molar-refractivity contribution in [1.29, 1.82) is 0 Å². The summed E-state index contributed by atoms with van der Waals surface area (Å²) in [5.41, 5.74) is 0.986. The van der Waals surface area contributed by atoms with E-state index in [0.29, 0.717) is 55.7 Å². The molecule has 0 saturated heterocycles. The maximum atomic E-state index is 15.4. The van der Waals surface area contributed by atoms with Crippen molar-refractivity contribution in [3.8, 4) is 17.0 Å². The highest BCUT2D eigenvalue weighted by molar-refractivity contribution is 5.62. The zero-order valence-corrected chi connectivity index (χ0v) is 26.0. The number of pyridine rings is 1. The van der Waals surface area contributed by atoms with E-state index in [1.165, 1.54) is 51.4 Å². The molecule has 3 nitrogen and oxygen atoms in total. The van der Waals surface area contributed by atoms with Crippen LogP contribution in [0.4, 0.5) is 13.2 Å². The van der Waals surface area contributed by atoms with Crippen LogP contribution in [0.3, 0.4) is 0 Å². The fourth-order valence-electron chi connectivity index (χ4n) is 6.57. The second-order valence-electron chi connectivity index (χ2n) is 12.6. The lowest BCUT2D eigenvalue weighted by Gasteiger charge is -2.33. The average molecular weight is 588 g/mol. The Hall–Kier alpha value is -2.08. The Bertz CT molecular complexity index is 1070. The molecule has 4 rings (SSSR count). The molecule has 0 N–H and O–H groups in total. The summed E-state index contributed by atoms with van der Waals surface area (Å²) in [6.45, 7) is 6.60. The largest absolute Gasteiger partial charge is 0.494 e. The van der Waals surface area contributed by atoms with Crippen LogP contribution in [0.1, 0.15) is 121 Å². The smallest absolute Gasteiger partial charge is 0.280 e. The van der Waals surface area contributed by atoms with Crippen molar-refractivity contribution in [3.63, 3.8) is 0 Å². The number of alkyl halides is 2. The molecule has 6 heteroatoms. The van der Waals surface area contributed by atoms with Crippen molar-refractivity contribution in [2.24, 2.45) is 17.8 Å². The Morgan fingerprint density at radius 1 is 0.881 bits per heavy atom. The minimum Gasteiger partial charge on any atom is -0.494 e. The topological polar surface area (TPSA) is 31.4 Å². The maximum Gasteiger partial charge on any atom is 0.280 e. The minimum absolute atomic E-state index is 0.364. The highest BCUT2D eigenvalue weighted by Gasteiger charge is 2.47. The summed E-state index contributed by atoms with van der Waals surface area (Å²) < 4.78 is 57.5. The van der Waals surface area contributed by atoms with E-state index in [0.717, 1.165) is 49.9 Å². The van der Waals surface area contributed by atoms with E-state index in [-0.39, 0.29) is 0 Å². The van der Waals surface area contributed by atoms with Crippen LogP contribution >= 0.6 is 0 Å². The van der Waals surface area contributed by atoms with Gasteiger partial charge in [-0.3, -0.25) is 0 Å². The predicted molar refractivity (Wildman–Crippen MR) is 165 cm³/mol. The number of halogens is 3.